The van der Waals surface area contributed by atoms with Crippen molar-refractivity contribution in [3.63, 3.8) is 0 Å². The molecule has 0 aliphatic carbocycles. The van der Waals surface area contributed by atoms with Crippen LogP contribution in [0.15, 0.2) is 11.4 Å². The number of hydrogen-bond donors (Lipinski definition) is 2. The van der Waals surface area contributed by atoms with Gasteiger partial charge in [-0.25, -0.2) is 0 Å². The van der Waals surface area contributed by atoms with Gasteiger partial charge in [0, 0.05) is 13.1 Å². The van der Waals surface area contributed by atoms with Crippen LogP contribution in [-0.2, 0) is 0 Å². The standard InChI is InChI=1S/C13H18ClN5S/c1-15-8-9-2-5-19(6-3-9)13-16-12(17-18-13)11-10(14)4-7-20-11/h4,7,9,15H,2-3,5-6,8H2,1H3,(H,16,17,18). The number of hydrogen-bond acceptors (Lipinski definition) is 5. The minimum atomic E-state index is 0.727. The molecule has 0 spiro atoms. The van der Waals surface area contributed by atoms with Gasteiger partial charge in [0.2, 0.25) is 5.95 Å². The minimum Gasteiger partial charge on any atom is -0.340 e. The fourth-order valence-corrected chi connectivity index (χ4v) is 3.67. The van der Waals surface area contributed by atoms with E-state index in [1.807, 2.05) is 18.5 Å². The van der Waals surface area contributed by atoms with Crippen molar-refractivity contribution >= 4 is 28.9 Å². The maximum Gasteiger partial charge on any atom is 0.245 e. The number of piperidine rings is 1. The van der Waals surface area contributed by atoms with Gasteiger partial charge in [-0.3, -0.25) is 5.10 Å². The number of aromatic nitrogens is 3. The summed E-state index contributed by atoms with van der Waals surface area (Å²) in [6.07, 6.45) is 2.37. The molecule has 0 radical (unpaired) electrons. The Morgan fingerprint density at radius 1 is 1.50 bits per heavy atom. The minimum absolute atomic E-state index is 0.727. The van der Waals surface area contributed by atoms with Crippen molar-refractivity contribution in [2.45, 2.75) is 12.8 Å². The number of thiophene rings is 1. The van der Waals surface area contributed by atoms with E-state index < -0.39 is 0 Å². The van der Waals surface area contributed by atoms with Crippen LogP contribution in [0, 0.1) is 5.92 Å². The van der Waals surface area contributed by atoms with E-state index in [0.717, 1.165) is 47.2 Å². The summed E-state index contributed by atoms with van der Waals surface area (Å²) in [7, 11) is 2.01. The Balaban J connectivity index is 1.68. The maximum absolute atomic E-state index is 6.13. The highest BCUT2D eigenvalue weighted by Crippen LogP contribution is 2.31. The molecule has 1 fully saturated rings. The molecule has 108 valence electrons. The van der Waals surface area contributed by atoms with Gasteiger partial charge in [-0.2, -0.15) is 4.98 Å². The van der Waals surface area contributed by atoms with Crippen LogP contribution in [0.5, 0.6) is 0 Å². The first-order valence-electron chi connectivity index (χ1n) is 6.83. The first kappa shape index (κ1) is 13.9. The third-order valence-electron chi connectivity index (χ3n) is 3.70. The molecule has 1 aliphatic rings. The highest BCUT2D eigenvalue weighted by Gasteiger charge is 2.22. The number of H-pyrrole nitrogens is 1. The number of aromatic amines is 1. The quantitative estimate of drug-likeness (QED) is 0.911. The average molecular weight is 312 g/mol. The lowest BCUT2D eigenvalue weighted by atomic mass is 9.97. The highest BCUT2D eigenvalue weighted by atomic mass is 35.5. The van der Waals surface area contributed by atoms with Gasteiger partial charge in [0.1, 0.15) is 0 Å². The Morgan fingerprint density at radius 2 is 2.30 bits per heavy atom. The molecule has 2 N–H and O–H groups in total. The van der Waals surface area contributed by atoms with Gasteiger partial charge in [0.15, 0.2) is 5.82 Å². The van der Waals surface area contributed by atoms with Crippen LogP contribution in [0.2, 0.25) is 5.02 Å². The molecule has 20 heavy (non-hydrogen) atoms. The van der Waals surface area contributed by atoms with Crippen molar-refractivity contribution in [3.05, 3.63) is 16.5 Å². The van der Waals surface area contributed by atoms with Crippen LogP contribution in [0.4, 0.5) is 5.95 Å². The van der Waals surface area contributed by atoms with Crippen molar-refractivity contribution in [1.82, 2.24) is 20.5 Å². The van der Waals surface area contributed by atoms with E-state index in [1.165, 1.54) is 12.8 Å². The Bertz CT molecular complexity index is 559. The van der Waals surface area contributed by atoms with E-state index in [0.29, 0.717) is 0 Å². The molecule has 0 unspecified atom stereocenters. The molecule has 1 saturated heterocycles. The van der Waals surface area contributed by atoms with Gasteiger partial charge in [-0.05, 0) is 43.8 Å². The van der Waals surface area contributed by atoms with E-state index >= 15 is 0 Å². The number of rotatable bonds is 4. The lowest BCUT2D eigenvalue weighted by Gasteiger charge is -2.30. The molecule has 2 aromatic rings. The van der Waals surface area contributed by atoms with Crippen molar-refractivity contribution in [2.75, 3.05) is 31.6 Å². The van der Waals surface area contributed by atoms with Crippen LogP contribution in [-0.4, -0.2) is 41.9 Å². The van der Waals surface area contributed by atoms with E-state index in [1.54, 1.807) is 11.3 Å². The molecule has 3 heterocycles. The summed E-state index contributed by atoms with van der Waals surface area (Å²) in [5.74, 6) is 2.31. The zero-order valence-corrected chi connectivity index (χ0v) is 13.0. The van der Waals surface area contributed by atoms with Gasteiger partial charge in [0.05, 0.1) is 9.90 Å². The molecule has 2 aromatic heterocycles. The summed E-state index contributed by atoms with van der Waals surface area (Å²) in [5, 5.41) is 13.3. The Kier molecular flexibility index (Phi) is 4.24. The summed E-state index contributed by atoms with van der Waals surface area (Å²) in [4.78, 5) is 7.78. The third-order valence-corrected chi connectivity index (χ3v) is 5.04. The molecule has 0 saturated carbocycles. The molecule has 0 bridgehead atoms. The second-order valence-corrected chi connectivity index (χ2v) is 6.39. The van der Waals surface area contributed by atoms with Crippen LogP contribution in [0.25, 0.3) is 10.7 Å². The summed E-state index contributed by atoms with van der Waals surface area (Å²) in [6.45, 7) is 3.13. The second kappa shape index (κ2) is 6.11. The fraction of sp³-hybridized carbons (Fsp3) is 0.538. The highest BCUT2D eigenvalue weighted by molar-refractivity contribution is 7.14. The van der Waals surface area contributed by atoms with E-state index in [9.17, 15) is 0 Å². The van der Waals surface area contributed by atoms with E-state index in [-0.39, 0.29) is 0 Å². The van der Waals surface area contributed by atoms with Crippen LogP contribution in [0.3, 0.4) is 0 Å². The number of nitrogens with zero attached hydrogens (tertiary/aromatic N) is 3. The molecule has 7 heteroatoms. The molecular formula is C13H18ClN5S. The van der Waals surface area contributed by atoms with Gasteiger partial charge in [-0.15, -0.1) is 16.4 Å². The summed E-state index contributed by atoms with van der Waals surface area (Å²) in [6, 6.07) is 1.88. The number of halogens is 1. The van der Waals surface area contributed by atoms with Gasteiger partial charge < -0.3 is 10.2 Å². The maximum atomic E-state index is 6.13. The van der Waals surface area contributed by atoms with Gasteiger partial charge in [0.25, 0.3) is 0 Å². The predicted octanol–water partition coefficient (Wildman–Crippen LogP) is 2.62. The Labute approximate surface area is 127 Å². The molecule has 3 rings (SSSR count). The number of nitrogens with one attached hydrogen (secondary N) is 2. The SMILES string of the molecule is CNCC1CCN(c2n[nH]c(-c3sccc3Cl)n2)CC1. The van der Waals surface area contributed by atoms with Crippen molar-refractivity contribution in [3.8, 4) is 10.7 Å². The van der Waals surface area contributed by atoms with Crippen LogP contribution >= 0.6 is 22.9 Å². The van der Waals surface area contributed by atoms with Gasteiger partial charge in [-0.1, -0.05) is 11.6 Å². The van der Waals surface area contributed by atoms with E-state index in [2.05, 4.69) is 25.4 Å². The summed E-state index contributed by atoms with van der Waals surface area (Å²) >= 11 is 7.70. The lowest BCUT2D eigenvalue weighted by molar-refractivity contribution is 0.391. The largest absolute Gasteiger partial charge is 0.340 e. The lowest BCUT2D eigenvalue weighted by Crippen LogP contribution is -2.37. The first-order chi connectivity index (χ1) is 9.78. The Morgan fingerprint density at radius 3 is 2.95 bits per heavy atom. The zero-order chi connectivity index (χ0) is 13.9. The summed E-state index contributed by atoms with van der Waals surface area (Å²) < 4.78 is 0. The van der Waals surface area contributed by atoms with Gasteiger partial charge >= 0.3 is 0 Å². The fourth-order valence-electron chi connectivity index (χ4n) is 2.58. The monoisotopic (exact) mass is 311 g/mol. The molecule has 0 amide bonds. The molecule has 5 nitrogen and oxygen atoms in total. The topological polar surface area (TPSA) is 56.8 Å². The van der Waals surface area contributed by atoms with Crippen molar-refractivity contribution in [2.24, 2.45) is 5.92 Å². The second-order valence-electron chi connectivity index (χ2n) is 5.07. The first-order valence-corrected chi connectivity index (χ1v) is 8.09. The van der Waals surface area contributed by atoms with Crippen LogP contribution < -0.4 is 10.2 Å². The Hall–Kier alpha value is -1.11. The zero-order valence-electron chi connectivity index (χ0n) is 11.4. The molecular weight excluding hydrogens is 294 g/mol. The smallest absolute Gasteiger partial charge is 0.245 e. The normalized spacial score (nSPS) is 16.8. The van der Waals surface area contributed by atoms with Crippen LogP contribution in [0.1, 0.15) is 12.8 Å². The van der Waals surface area contributed by atoms with Crippen molar-refractivity contribution < 1.29 is 0 Å². The summed E-state index contributed by atoms with van der Waals surface area (Å²) in [5.41, 5.74) is 0. The average Bonchev–Trinajstić information content (AvgIpc) is 3.08. The molecule has 1 aliphatic heterocycles. The third kappa shape index (κ3) is 2.82. The van der Waals surface area contributed by atoms with E-state index in [4.69, 9.17) is 11.6 Å². The molecule has 0 aromatic carbocycles. The van der Waals surface area contributed by atoms with Crippen molar-refractivity contribution in [1.29, 1.82) is 0 Å². The predicted molar refractivity (Wildman–Crippen MR) is 83.6 cm³/mol. The molecule has 0 atom stereocenters. The number of anilines is 1.